The third-order valence-corrected chi connectivity index (χ3v) is 4.63. The molecule has 18 heavy (non-hydrogen) atoms. The molecule has 1 aliphatic rings. The second-order valence-electron chi connectivity index (χ2n) is 6.05. The van der Waals surface area contributed by atoms with Gasteiger partial charge in [-0.05, 0) is 43.6 Å². The van der Waals surface area contributed by atoms with E-state index in [2.05, 4.69) is 38.1 Å². The summed E-state index contributed by atoms with van der Waals surface area (Å²) in [6.07, 6.45) is 7.85. The lowest BCUT2D eigenvalue weighted by molar-refractivity contribution is 0.238. The monoisotopic (exact) mass is 245 g/mol. The van der Waals surface area contributed by atoms with Gasteiger partial charge in [-0.25, -0.2) is 0 Å². The summed E-state index contributed by atoms with van der Waals surface area (Å²) in [5.74, 6) is 1.71. The molecule has 1 heteroatoms. The van der Waals surface area contributed by atoms with Gasteiger partial charge in [0.25, 0.3) is 0 Å². The summed E-state index contributed by atoms with van der Waals surface area (Å²) in [5.41, 5.74) is 9.16. The second kappa shape index (κ2) is 6.38. The van der Waals surface area contributed by atoms with Gasteiger partial charge in [0.1, 0.15) is 0 Å². The molecule has 0 aliphatic heterocycles. The highest BCUT2D eigenvalue weighted by Gasteiger charge is 2.24. The van der Waals surface area contributed by atoms with Gasteiger partial charge in [0, 0.05) is 6.04 Å². The minimum atomic E-state index is 0.351. The standard InChI is InChI=1S/C17H27N/c1-3-14-7-9-16(10-8-14)17(18)12-15-6-4-5-13(2)11-15/h4-6,11,14,16-17H,3,7-10,12,18H2,1-2H3. The van der Waals surface area contributed by atoms with Gasteiger partial charge in [-0.1, -0.05) is 56.0 Å². The Morgan fingerprint density at radius 2 is 1.94 bits per heavy atom. The van der Waals surface area contributed by atoms with E-state index in [9.17, 15) is 0 Å². The lowest BCUT2D eigenvalue weighted by Crippen LogP contribution is -2.34. The van der Waals surface area contributed by atoms with Gasteiger partial charge in [0.2, 0.25) is 0 Å². The fourth-order valence-electron chi connectivity index (χ4n) is 3.30. The topological polar surface area (TPSA) is 26.0 Å². The Labute approximate surface area is 112 Å². The van der Waals surface area contributed by atoms with Gasteiger partial charge in [-0.15, -0.1) is 0 Å². The van der Waals surface area contributed by atoms with Crippen LogP contribution in [0.25, 0.3) is 0 Å². The maximum atomic E-state index is 6.42. The molecule has 1 atom stereocenters. The molecule has 1 fully saturated rings. The van der Waals surface area contributed by atoms with Crippen molar-refractivity contribution < 1.29 is 0 Å². The smallest absolute Gasteiger partial charge is 0.0108 e. The van der Waals surface area contributed by atoms with Gasteiger partial charge < -0.3 is 5.73 Å². The zero-order valence-corrected chi connectivity index (χ0v) is 11.9. The fraction of sp³-hybridized carbons (Fsp3) is 0.647. The van der Waals surface area contributed by atoms with Crippen molar-refractivity contribution in [2.45, 2.75) is 58.4 Å². The molecular formula is C17H27N. The summed E-state index contributed by atoms with van der Waals surface area (Å²) in [5, 5.41) is 0. The normalized spacial score (nSPS) is 25.9. The zero-order valence-electron chi connectivity index (χ0n) is 11.9. The summed E-state index contributed by atoms with van der Waals surface area (Å²) < 4.78 is 0. The minimum absolute atomic E-state index is 0.351. The van der Waals surface area contributed by atoms with Crippen molar-refractivity contribution in [3.63, 3.8) is 0 Å². The van der Waals surface area contributed by atoms with Gasteiger partial charge in [-0.2, -0.15) is 0 Å². The van der Waals surface area contributed by atoms with Crippen LogP contribution < -0.4 is 5.73 Å². The number of rotatable bonds is 4. The van der Waals surface area contributed by atoms with Crippen LogP contribution in [0.4, 0.5) is 0 Å². The van der Waals surface area contributed by atoms with Crippen molar-refractivity contribution >= 4 is 0 Å². The summed E-state index contributed by atoms with van der Waals surface area (Å²) in [6, 6.07) is 9.14. The molecule has 1 nitrogen and oxygen atoms in total. The molecule has 2 N–H and O–H groups in total. The van der Waals surface area contributed by atoms with E-state index in [0.717, 1.165) is 18.3 Å². The molecule has 2 rings (SSSR count). The molecule has 0 amide bonds. The number of benzene rings is 1. The Bertz CT molecular complexity index is 364. The highest BCUT2D eigenvalue weighted by Crippen LogP contribution is 2.32. The first-order valence-electron chi connectivity index (χ1n) is 7.50. The lowest BCUT2D eigenvalue weighted by Gasteiger charge is -2.31. The second-order valence-corrected chi connectivity index (χ2v) is 6.05. The van der Waals surface area contributed by atoms with Crippen LogP contribution in [0.5, 0.6) is 0 Å². The molecule has 0 bridgehead atoms. The molecule has 0 heterocycles. The molecule has 0 spiro atoms. The van der Waals surface area contributed by atoms with Crippen LogP contribution in [0.3, 0.4) is 0 Å². The maximum Gasteiger partial charge on any atom is 0.0108 e. The molecule has 1 aromatic carbocycles. The predicted octanol–water partition coefficient (Wildman–Crippen LogP) is 4.08. The van der Waals surface area contributed by atoms with Crippen LogP contribution in [-0.2, 0) is 6.42 Å². The zero-order chi connectivity index (χ0) is 13.0. The molecule has 1 aromatic rings. The highest BCUT2D eigenvalue weighted by atomic mass is 14.6. The Morgan fingerprint density at radius 3 is 2.56 bits per heavy atom. The molecule has 0 aromatic heterocycles. The molecular weight excluding hydrogens is 218 g/mol. The third-order valence-electron chi connectivity index (χ3n) is 4.63. The van der Waals surface area contributed by atoms with Crippen LogP contribution in [-0.4, -0.2) is 6.04 Å². The van der Waals surface area contributed by atoms with Crippen molar-refractivity contribution in [1.82, 2.24) is 0 Å². The Morgan fingerprint density at radius 1 is 1.22 bits per heavy atom. The summed E-state index contributed by atoms with van der Waals surface area (Å²) >= 11 is 0. The minimum Gasteiger partial charge on any atom is -0.327 e. The Kier molecular flexibility index (Phi) is 4.82. The number of hydrogen-bond donors (Lipinski definition) is 1. The number of nitrogens with two attached hydrogens (primary N) is 1. The van der Waals surface area contributed by atoms with Crippen molar-refractivity contribution in [1.29, 1.82) is 0 Å². The molecule has 0 saturated heterocycles. The van der Waals surface area contributed by atoms with E-state index in [1.165, 1.54) is 43.2 Å². The summed E-state index contributed by atoms with van der Waals surface area (Å²) in [6.45, 7) is 4.47. The largest absolute Gasteiger partial charge is 0.327 e. The lowest BCUT2D eigenvalue weighted by atomic mass is 9.76. The average molecular weight is 245 g/mol. The van der Waals surface area contributed by atoms with E-state index >= 15 is 0 Å². The summed E-state index contributed by atoms with van der Waals surface area (Å²) in [7, 11) is 0. The first-order chi connectivity index (χ1) is 8.69. The highest BCUT2D eigenvalue weighted by molar-refractivity contribution is 5.23. The van der Waals surface area contributed by atoms with Gasteiger partial charge in [-0.3, -0.25) is 0 Å². The predicted molar refractivity (Wildman–Crippen MR) is 78.6 cm³/mol. The fourth-order valence-corrected chi connectivity index (χ4v) is 3.30. The third kappa shape index (κ3) is 3.58. The van der Waals surface area contributed by atoms with Gasteiger partial charge in [0.05, 0.1) is 0 Å². The quantitative estimate of drug-likeness (QED) is 0.850. The molecule has 1 unspecified atom stereocenters. The van der Waals surface area contributed by atoms with E-state index in [1.807, 2.05) is 0 Å². The van der Waals surface area contributed by atoms with Gasteiger partial charge >= 0.3 is 0 Å². The van der Waals surface area contributed by atoms with Crippen LogP contribution in [0, 0.1) is 18.8 Å². The SMILES string of the molecule is CCC1CCC(C(N)Cc2cccc(C)c2)CC1. The van der Waals surface area contributed by atoms with Crippen molar-refractivity contribution in [3.8, 4) is 0 Å². The molecule has 0 radical (unpaired) electrons. The average Bonchev–Trinajstić information content (AvgIpc) is 2.39. The van der Waals surface area contributed by atoms with Crippen LogP contribution in [0.1, 0.15) is 50.2 Å². The van der Waals surface area contributed by atoms with E-state index in [-0.39, 0.29) is 0 Å². The Hall–Kier alpha value is -0.820. The van der Waals surface area contributed by atoms with Gasteiger partial charge in [0.15, 0.2) is 0 Å². The van der Waals surface area contributed by atoms with E-state index in [4.69, 9.17) is 5.73 Å². The van der Waals surface area contributed by atoms with Crippen LogP contribution >= 0.6 is 0 Å². The molecule has 100 valence electrons. The first-order valence-corrected chi connectivity index (χ1v) is 7.50. The van der Waals surface area contributed by atoms with Crippen LogP contribution in [0.15, 0.2) is 24.3 Å². The number of hydrogen-bond acceptors (Lipinski definition) is 1. The maximum absolute atomic E-state index is 6.42. The van der Waals surface area contributed by atoms with Crippen LogP contribution in [0.2, 0.25) is 0 Å². The van der Waals surface area contributed by atoms with Crippen molar-refractivity contribution in [2.24, 2.45) is 17.6 Å². The number of aryl methyl sites for hydroxylation is 1. The first kappa shape index (κ1) is 13.6. The van der Waals surface area contributed by atoms with E-state index in [1.54, 1.807) is 0 Å². The Balaban J connectivity index is 1.87. The van der Waals surface area contributed by atoms with Crippen molar-refractivity contribution in [3.05, 3.63) is 35.4 Å². The van der Waals surface area contributed by atoms with Crippen molar-refractivity contribution in [2.75, 3.05) is 0 Å². The summed E-state index contributed by atoms with van der Waals surface area (Å²) in [4.78, 5) is 0. The molecule has 1 aliphatic carbocycles. The van der Waals surface area contributed by atoms with E-state index < -0.39 is 0 Å². The molecule has 1 saturated carbocycles. The van der Waals surface area contributed by atoms with E-state index in [0.29, 0.717) is 6.04 Å².